The Morgan fingerprint density at radius 3 is 2.29 bits per heavy atom. The van der Waals surface area contributed by atoms with E-state index in [0.717, 1.165) is 31.4 Å². The summed E-state index contributed by atoms with van der Waals surface area (Å²) in [6.07, 6.45) is -3.68. The minimum atomic E-state index is -4.86. The highest BCUT2D eigenvalue weighted by Gasteiger charge is 2.38. The van der Waals surface area contributed by atoms with Crippen molar-refractivity contribution in [2.45, 2.75) is 6.18 Å². The van der Waals surface area contributed by atoms with Gasteiger partial charge in [-0.05, 0) is 36.4 Å². The number of aromatic nitrogens is 1. The smallest absolute Gasteiger partial charge is 0.419 e. The van der Waals surface area contributed by atoms with Gasteiger partial charge < -0.3 is 25.3 Å². The SMILES string of the molecule is COc1cc(F)ccc1Oc1ccc(C(F)(F)F)c(OC)c1C(=O)Nc1ccnc(C(N)=O)c1. The predicted molar refractivity (Wildman–Crippen MR) is 112 cm³/mol. The molecule has 0 unspecified atom stereocenters. The Labute approximate surface area is 190 Å². The Bertz CT molecular complexity index is 1250. The van der Waals surface area contributed by atoms with Crippen LogP contribution in [0, 0.1) is 5.82 Å². The van der Waals surface area contributed by atoms with Crippen LogP contribution in [0.15, 0.2) is 48.7 Å². The van der Waals surface area contributed by atoms with E-state index in [-0.39, 0.29) is 28.6 Å². The van der Waals surface area contributed by atoms with Gasteiger partial charge in [-0.15, -0.1) is 0 Å². The maximum atomic E-state index is 13.6. The van der Waals surface area contributed by atoms with Crippen LogP contribution in [-0.4, -0.2) is 31.0 Å². The van der Waals surface area contributed by atoms with Crippen molar-refractivity contribution in [3.8, 4) is 23.0 Å². The van der Waals surface area contributed by atoms with Crippen molar-refractivity contribution in [1.82, 2.24) is 4.98 Å². The van der Waals surface area contributed by atoms with Gasteiger partial charge in [0.15, 0.2) is 11.5 Å². The summed E-state index contributed by atoms with van der Waals surface area (Å²) in [5.41, 5.74) is 3.17. The number of nitrogens with one attached hydrogen (secondary N) is 1. The van der Waals surface area contributed by atoms with E-state index >= 15 is 0 Å². The number of alkyl halides is 3. The summed E-state index contributed by atoms with van der Waals surface area (Å²) < 4.78 is 69.9. The first-order chi connectivity index (χ1) is 16.0. The van der Waals surface area contributed by atoms with Gasteiger partial charge in [0, 0.05) is 18.0 Å². The summed E-state index contributed by atoms with van der Waals surface area (Å²) >= 11 is 0. The minimum Gasteiger partial charge on any atom is -0.495 e. The van der Waals surface area contributed by atoms with Crippen LogP contribution >= 0.6 is 0 Å². The number of pyridine rings is 1. The highest BCUT2D eigenvalue weighted by Crippen LogP contribution is 2.44. The van der Waals surface area contributed by atoms with Crippen molar-refractivity contribution in [2.24, 2.45) is 5.73 Å². The Kier molecular flexibility index (Phi) is 6.89. The number of hydrogen-bond acceptors (Lipinski definition) is 6. The number of amides is 2. The van der Waals surface area contributed by atoms with Gasteiger partial charge in [-0.1, -0.05) is 0 Å². The second-order valence-corrected chi connectivity index (χ2v) is 6.66. The number of methoxy groups -OCH3 is 2. The fourth-order valence-corrected chi connectivity index (χ4v) is 2.98. The lowest BCUT2D eigenvalue weighted by molar-refractivity contribution is -0.138. The Morgan fingerprint density at radius 2 is 1.68 bits per heavy atom. The molecule has 8 nitrogen and oxygen atoms in total. The molecule has 12 heteroatoms. The van der Waals surface area contributed by atoms with Crippen LogP contribution in [-0.2, 0) is 6.18 Å². The summed E-state index contributed by atoms with van der Waals surface area (Å²) in [5.74, 6) is -3.86. The van der Waals surface area contributed by atoms with Crippen molar-refractivity contribution >= 4 is 17.5 Å². The molecular formula is C22H17F4N3O5. The molecular weight excluding hydrogens is 462 g/mol. The van der Waals surface area contributed by atoms with Gasteiger partial charge in [0.1, 0.15) is 28.6 Å². The third-order valence-electron chi connectivity index (χ3n) is 4.47. The van der Waals surface area contributed by atoms with Gasteiger partial charge in [0.25, 0.3) is 11.8 Å². The zero-order valence-corrected chi connectivity index (χ0v) is 17.7. The zero-order valence-electron chi connectivity index (χ0n) is 17.7. The number of primary amides is 1. The number of ether oxygens (including phenoxy) is 3. The molecule has 0 atom stereocenters. The van der Waals surface area contributed by atoms with E-state index in [1.807, 2.05) is 0 Å². The van der Waals surface area contributed by atoms with Crippen LogP contribution < -0.4 is 25.3 Å². The molecule has 3 N–H and O–H groups in total. The molecule has 0 spiro atoms. The number of benzene rings is 2. The van der Waals surface area contributed by atoms with Gasteiger partial charge in [0.05, 0.1) is 19.8 Å². The number of halogens is 4. The van der Waals surface area contributed by atoms with Crippen LogP contribution in [0.1, 0.15) is 26.4 Å². The molecule has 1 aromatic heterocycles. The molecule has 34 heavy (non-hydrogen) atoms. The molecule has 3 aromatic rings. The van der Waals surface area contributed by atoms with Crippen LogP contribution in [0.5, 0.6) is 23.0 Å². The van der Waals surface area contributed by atoms with Crippen molar-refractivity contribution in [1.29, 1.82) is 0 Å². The molecule has 0 aliphatic rings. The van der Waals surface area contributed by atoms with E-state index < -0.39 is 40.7 Å². The third-order valence-corrected chi connectivity index (χ3v) is 4.47. The quantitative estimate of drug-likeness (QED) is 0.486. The van der Waals surface area contributed by atoms with Crippen molar-refractivity contribution in [3.05, 3.63) is 71.3 Å². The van der Waals surface area contributed by atoms with Gasteiger partial charge in [0.2, 0.25) is 0 Å². The monoisotopic (exact) mass is 479 g/mol. The minimum absolute atomic E-state index is 0.0265. The van der Waals surface area contributed by atoms with Gasteiger partial charge in [-0.25, -0.2) is 4.39 Å². The fourth-order valence-electron chi connectivity index (χ4n) is 2.98. The second kappa shape index (κ2) is 9.65. The van der Waals surface area contributed by atoms with Crippen molar-refractivity contribution in [2.75, 3.05) is 19.5 Å². The lowest BCUT2D eigenvalue weighted by atomic mass is 10.1. The first kappa shape index (κ1) is 24.3. The number of carbonyl (C=O) groups excluding carboxylic acids is 2. The summed E-state index contributed by atoms with van der Waals surface area (Å²) in [7, 11) is 2.20. The predicted octanol–water partition coefficient (Wildman–Crippen LogP) is 4.40. The van der Waals surface area contributed by atoms with E-state index in [1.54, 1.807) is 0 Å². The Balaban J connectivity index is 2.13. The van der Waals surface area contributed by atoms with Crippen LogP contribution in [0.2, 0.25) is 0 Å². The van der Waals surface area contributed by atoms with Crippen molar-refractivity contribution in [3.63, 3.8) is 0 Å². The standard InChI is InChI=1S/C22H17F4N3O5/c1-32-17-9-11(23)3-5-15(17)34-16-6-4-13(22(24,25)26)19(33-2)18(16)21(31)29-12-7-8-28-14(10-12)20(27)30/h3-10H,1-2H3,(H2,27,30)(H,28,29,31). The largest absolute Gasteiger partial charge is 0.495 e. The van der Waals surface area contributed by atoms with E-state index in [0.29, 0.717) is 6.07 Å². The average Bonchev–Trinajstić information content (AvgIpc) is 2.79. The first-order valence-electron chi connectivity index (χ1n) is 9.42. The number of rotatable bonds is 7. The summed E-state index contributed by atoms with van der Waals surface area (Å²) in [6.45, 7) is 0. The Morgan fingerprint density at radius 1 is 0.971 bits per heavy atom. The lowest BCUT2D eigenvalue weighted by Crippen LogP contribution is -2.19. The summed E-state index contributed by atoms with van der Waals surface area (Å²) in [6, 6.07) is 7.27. The van der Waals surface area contributed by atoms with Crippen LogP contribution in [0.3, 0.4) is 0 Å². The molecule has 0 aliphatic heterocycles. The van der Waals surface area contributed by atoms with Crippen LogP contribution in [0.25, 0.3) is 0 Å². The third kappa shape index (κ3) is 5.17. The molecule has 1 heterocycles. The maximum Gasteiger partial charge on any atom is 0.419 e. The molecule has 0 saturated carbocycles. The molecule has 0 aliphatic carbocycles. The Hall–Kier alpha value is -4.35. The maximum absolute atomic E-state index is 13.6. The zero-order chi connectivity index (χ0) is 25.0. The lowest BCUT2D eigenvalue weighted by Gasteiger charge is -2.19. The van der Waals surface area contributed by atoms with E-state index in [4.69, 9.17) is 19.9 Å². The summed E-state index contributed by atoms with van der Waals surface area (Å²) in [4.78, 5) is 28.2. The molecule has 0 bridgehead atoms. The highest BCUT2D eigenvalue weighted by atomic mass is 19.4. The second-order valence-electron chi connectivity index (χ2n) is 6.66. The number of carbonyl (C=O) groups is 2. The number of hydrogen-bond donors (Lipinski definition) is 2. The van der Waals surface area contributed by atoms with Crippen LogP contribution in [0.4, 0.5) is 23.2 Å². The van der Waals surface area contributed by atoms with Gasteiger partial charge in [-0.3, -0.25) is 14.6 Å². The van der Waals surface area contributed by atoms with Gasteiger partial charge >= 0.3 is 6.18 Å². The van der Waals surface area contributed by atoms with Gasteiger partial charge in [-0.2, -0.15) is 13.2 Å². The number of anilines is 1. The average molecular weight is 479 g/mol. The molecule has 3 rings (SSSR count). The fraction of sp³-hybridized carbons (Fsp3) is 0.136. The van der Waals surface area contributed by atoms with E-state index in [9.17, 15) is 27.2 Å². The number of nitrogens with two attached hydrogens (primary N) is 1. The van der Waals surface area contributed by atoms with E-state index in [2.05, 4.69) is 10.3 Å². The molecule has 2 amide bonds. The molecule has 0 fully saturated rings. The first-order valence-corrected chi connectivity index (χ1v) is 9.42. The highest BCUT2D eigenvalue weighted by molar-refractivity contribution is 6.09. The normalized spacial score (nSPS) is 11.0. The topological polar surface area (TPSA) is 113 Å². The molecule has 0 saturated heterocycles. The molecule has 0 radical (unpaired) electrons. The van der Waals surface area contributed by atoms with E-state index in [1.165, 1.54) is 25.4 Å². The number of nitrogens with zero attached hydrogens (tertiary/aromatic N) is 1. The summed E-state index contributed by atoms with van der Waals surface area (Å²) in [5, 5.41) is 2.37. The molecule has 2 aromatic carbocycles. The van der Waals surface area contributed by atoms with Crippen molar-refractivity contribution < 1.29 is 41.4 Å². The molecule has 178 valence electrons.